The Morgan fingerprint density at radius 3 is 2.64 bits per heavy atom. The van der Waals surface area contributed by atoms with E-state index in [1.165, 1.54) is 40.9 Å². The maximum atomic E-state index is 13.5. The molecule has 1 aromatic carbocycles. The Morgan fingerprint density at radius 2 is 2.00 bits per heavy atom. The lowest BCUT2D eigenvalue weighted by molar-refractivity contribution is 0.0694. The number of carbonyl (C=O) groups is 1. The van der Waals surface area contributed by atoms with Gasteiger partial charge in [-0.2, -0.15) is 5.26 Å². The number of aromatic hydroxyl groups is 1. The second-order valence-corrected chi connectivity index (χ2v) is 4.69. The van der Waals surface area contributed by atoms with Gasteiger partial charge in [-0.25, -0.2) is 9.18 Å². The second kappa shape index (κ2) is 4.90. The van der Waals surface area contributed by atoms with Crippen molar-refractivity contribution in [2.45, 2.75) is 0 Å². The first-order valence-corrected chi connectivity index (χ1v) is 6.28. The number of benzene rings is 1. The standard InChI is InChI=1S/C16H9FN2O3/c17-11-2-4-13-10(7-18)5-14(19(13)8-11)9-1-3-12(16(21)22)15(20)6-9/h1-6,8,20H,(H,21,22). The molecule has 0 saturated carbocycles. The highest BCUT2D eigenvalue weighted by Crippen LogP contribution is 2.30. The summed E-state index contributed by atoms with van der Waals surface area (Å²) >= 11 is 0. The molecule has 0 aliphatic heterocycles. The third-order valence-corrected chi connectivity index (χ3v) is 3.37. The molecular weight excluding hydrogens is 287 g/mol. The van der Waals surface area contributed by atoms with Crippen LogP contribution in [0.1, 0.15) is 15.9 Å². The lowest BCUT2D eigenvalue weighted by Gasteiger charge is -2.06. The smallest absolute Gasteiger partial charge is 0.339 e. The summed E-state index contributed by atoms with van der Waals surface area (Å²) in [5, 5.41) is 27.9. The normalized spacial score (nSPS) is 10.5. The Balaban J connectivity index is 2.27. The molecule has 0 radical (unpaired) electrons. The minimum absolute atomic E-state index is 0.226. The highest BCUT2D eigenvalue weighted by molar-refractivity contribution is 5.91. The fraction of sp³-hybridized carbons (Fsp3) is 0. The number of hydrogen-bond acceptors (Lipinski definition) is 3. The summed E-state index contributed by atoms with van der Waals surface area (Å²) in [6.07, 6.45) is 1.23. The van der Waals surface area contributed by atoms with Gasteiger partial charge in [0.2, 0.25) is 0 Å². The summed E-state index contributed by atoms with van der Waals surface area (Å²) < 4.78 is 15.0. The van der Waals surface area contributed by atoms with Crippen molar-refractivity contribution < 1.29 is 19.4 Å². The number of nitriles is 1. The third kappa shape index (κ3) is 2.05. The van der Waals surface area contributed by atoms with Crippen LogP contribution in [0.3, 0.4) is 0 Å². The van der Waals surface area contributed by atoms with Crippen LogP contribution in [0.25, 0.3) is 16.8 Å². The van der Waals surface area contributed by atoms with Crippen LogP contribution < -0.4 is 0 Å². The number of carboxylic acid groups (broad SMARTS) is 1. The molecule has 5 nitrogen and oxygen atoms in total. The highest BCUT2D eigenvalue weighted by atomic mass is 19.1. The summed E-state index contributed by atoms with van der Waals surface area (Å²) in [5.41, 5.74) is 1.62. The number of rotatable bonds is 2. The van der Waals surface area contributed by atoms with E-state index in [1.807, 2.05) is 6.07 Å². The molecule has 0 unspecified atom stereocenters. The van der Waals surface area contributed by atoms with E-state index < -0.39 is 17.5 Å². The van der Waals surface area contributed by atoms with Gasteiger partial charge in [0.05, 0.1) is 16.8 Å². The molecule has 0 fully saturated rings. The lowest BCUT2D eigenvalue weighted by atomic mass is 10.1. The van der Waals surface area contributed by atoms with Crippen LogP contribution in [0.2, 0.25) is 0 Å². The van der Waals surface area contributed by atoms with Crippen LogP contribution in [0.4, 0.5) is 4.39 Å². The van der Waals surface area contributed by atoms with Gasteiger partial charge in [-0.15, -0.1) is 0 Å². The van der Waals surface area contributed by atoms with Crippen molar-refractivity contribution in [1.82, 2.24) is 4.40 Å². The van der Waals surface area contributed by atoms with Crippen LogP contribution in [-0.4, -0.2) is 20.6 Å². The monoisotopic (exact) mass is 296 g/mol. The first-order chi connectivity index (χ1) is 10.5. The SMILES string of the molecule is N#Cc1cc(-c2ccc(C(=O)O)c(O)c2)n2cc(F)ccc12. The predicted molar refractivity (Wildman–Crippen MR) is 76.1 cm³/mol. The number of aromatic nitrogens is 1. The van der Waals surface area contributed by atoms with Crippen molar-refractivity contribution in [1.29, 1.82) is 5.26 Å². The van der Waals surface area contributed by atoms with Crippen molar-refractivity contribution >= 4 is 11.5 Å². The van der Waals surface area contributed by atoms with Gasteiger partial charge in [0.1, 0.15) is 23.2 Å². The Hall–Kier alpha value is -3.33. The molecule has 3 rings (SSSR count). The lowest BCUT2D eigenvalue weighted by Crippen LogP contribution is -1.97. The molecule has 22 heavy (non-hydrogen) atoms. The average molecular weight is 296 g/mol. The van der Waals surface area contributed by atoms with E-state index in [0.717, 1.165) is 0 Å². The van der Waals surface area contributed by atoms with Crippen molar-refractivity contribution in [3.63, 3.8) is 0 Å². The fourth-order valence-electron chi connectivity index (χ4n) is 2.36. The topological polar surface area (TPSA) is 85.7 Å². The molecule has 3 aromatic rings. The largest absolute Gasteiger partial charge is 0.507 e. The van der Waals surface area contributed by atoms with Crippen LogP contribution >= 0.6 is 0 Å². The molecule has 0 saturated heterocycles. The summed E-state index contributed by atoms with van der Waals surface area (Å²) in [4.78, 5) is 10.9. The van der Waals surface area contributed by atoms with Crippen molar-refractivity contribution in [3.8, 4) is 23.1 Å². The molecule has 0 bridgehead atoms. The molecule has 0 amide bonds. The van der Waals surface area contributed by atoms with E-state index in [4.69, 9.17) is 10.4 Å². The summed E-state index contributed by atoms with van der Waals surface area (Å²) in [6.45, 7) is 0. The zero-order valence-corrected chi connectivity index (χ0v) is 11.1. The van der Waals surface area contributed by atoms with Crippen LogP contribution in [-0.2, 0) is 0 Å². The number of phenols is 1. The maximum Gasteiger partial charge on any atom is 0.339 e. The molecule has 2 N–H and O–H groups in total. The van der Waals surface area contributed by atoms with Gasteiger partial charge >= 0.3 is 5.97 Å². The van der Waals surface area contributed by atoms with Gasteiger partial charge in [-0.05, 0) is 30.3 Å². The summed E-state index contributed by atoms with van der Waals surface area (Å²) in [6, 6.07) is 10.4. The molecule has 108 valence electrons. The molecule has 0 spiro atoms. The van der Waals surface area contributed by atoms with E-state index in [9.17, 15) is 14.3 Å². The van der Waals surface area contributed by atoms with Crippen molar-refractivity contribution in [3.05, 3.63) is 59.5 Å². The first kappa shape index (κ1) is 13.6. The van der Waals surface area contributed by atoms with Gasteiger partial charge in [-0.1, -0.05) is 6.07 Å². The number of carboxylic acids is 1. The Kier molecular flexibility index (Phi) is 3.04. The molecule has 6 heteroatoms. The van der Waals surface area contributed by atoms with Crippen LogP contribution in [0.5, 0.6) is 5.75 Å². The summed E-state index contributed by atoms with van der Waals surface area (Å²) in [7, 11) is 0. The predicted octanol–water partition coefficient (Wildman–Crippen LogP) is 3.02. The van der Waals surface area contributed by atoms with E-state index in [1.54, 1.807) is 6.07 Å². The van der Waals surface area contributed by atoms with E-state index in [2.05, 4.69) is 0 Å². The Bertz CT molecular complexity index is 954. The zero-order valence-electron chi connectivity index (χ0n) is 11.1. The number of halogens is 1. The summed E-state index contributed by atoms with van der Waals surface area (Å²) in [5.74, 6) is -2.11. The minimum Gasteiger partial charge on any atom is -0.507 e. The van der Waals surface area contributed by atoms with Crippen molar-refractivity contribution in [2.24, 2.45) is 0 Å². The zero-order chi connectivity index (χ0) is 15.9. The second-order valence-electron chi connectivity index (χ2n) is 4.69. The minimum atomic E-state index is -1.24. The van der Waals surface area contributed by atoms with Gasteiger partial charge in [0.25, 0.3) is 0 Å². The molecule has 0 aliphatic carbocycles. The number of pyridine rings is 1. The molecule has 0 atom stereocenters. The van der Waals surface area contributed by atoms with Crippen molar-refractivity contribution in [2.75, 3.05) is 0 Å². The van der Waals surface area contributed by atoms with E-state index in [0.29, 0.717) is 22.3 Å². The quantitative estimate of drug-likeness (QED) is 0.761. The van der Waals surface area contributed by atoms with E-state index in [-0.39, 0.29) is 5.56 Å². The van der Waals surface area contributed by atoms with Crippen LogP contribution in [0.15, 0.2) is 42.6 Å². The van der Waals surface area contributed by atoms with Gasteiger partial charge in [0, 0.05) is 11.8 Å². The van der Waals surface area contributed by atoms with Gasteiger partial charge in [-0.3, -0.25) is 0 Å². The van der Waals surface area contributed by atoms with Gasteiger partial charge < -0.3 is 14.6 Å². The van der Waals surface area contributed by atoms with Crippen LogP contribution in [0, 0.1) is 17.1 Å². The molecule has 0 aliphatic rings. The highest BCUT2D eigenvalue weighted by Gasteiger charge is 2.15. The number of hydrogen-bond donors (Lipinski definition) is 2. The number of fused-ring (bicyclic) bond motifs is 1. The number of nitrogens with zero attached hydrogens (tertiary/aromatic N) is 2. The average Bonchev–Trinajstić information content (AvgIpc) is 2.84. The molecular formula is C16H9FN2O3. The third-order valence-electron chi connectivity index (χ3n) is 3.37. The fourth-order valence-corrected chi connectivity index (χ4v) is 2.36. The molecule has 2 aromatic heterocycles. The number of aromatic carboxylic acids is 1. The van der Waals surface area contributed by atoms with E-state index >= 15 is 0 Å². The Morgan fingerprint density at radius 1 is 1.23 bits per heavy atom. The first-order valence-electron chi connectivity index (χ1n) is 6.28. The maximum absolute atomic E-state index is 13.5. The molecule has 2 heterocycles. The Labute approximate surface area is 124 Å². The van der Waals surface area contributed by atoms with Gasteiger partial charge in [0.15, 0.2) is 0 Å².